The molecule has 0 unspecified atom stereocenters. The Morgan fingerprint density at radius 1 is 0.514 bits per heavy atom. The number of fused-ring (bicyclic) bond motifs is 3. The second-order valence-corrected chi connectivity index (χ2v) is 9.55. The third kappa shape index (κ3) is 4.02. The van der Waals surface area contributed by atoms with Crippen LogP contribution in [0.15, 0.2) is 36.4 Å². The summed E-state index contributed by atoms with van der Waals surface area (Å²) >= 11 is 0. The number of nitrogens with one attached hydrogen (secondary N) is 1. The number of halogens is 6. The normalized spacial score (nSPS) is 12.8. The molecule has 4 aromatic carbocycles. The van der Waals surface area contributed by atoms with E-state index in [1.54, 1.807) is 0 Å². The van der Waals surface area contributed by atoms with Gasteiger partial charge in [-0.25, -0.2) is 26.3 Å². The van der Waals surface area contributed by atoms with Crippen molar-refractivity contribution in [2.75, 3.05) is 0 Å². The SMILES string of the molecule is Cc1cc(-c2cc(F)c(F)c(F)c2)c2c(c1C)-c1c(C)c(C)cc(-c3cc(F)c(F)c(F)c3)c1CNC2. The number of aryl methyl sites for hydroxylation is 2. The van der Waals surface area contributed by atoms with Crippen LogP contribution in [0.25, 0.3) is 33.4 Å². The average molecular weight is 512 g/mol. The van der Waals surface area contributed by atoms with Crippen LogP contribution in [-0.4, -0.2) is 0 Å². The van der Waals surface area contributed by atoms with Crippen LogP contribution in [0, 0.1) is 62.6 Å². The quantitative estimate of drug-likeness (QED) is 0.211. The molecule has 0 saturated carbocycles. The van der Waals surface area contributed by atoms with Crippen LogP contribution < -0.4 is 5.32 Å². The van der Waals surface area contributed by atoms with Crippen LogP contribution >= 0.6 is 0 Å². The maximum Gasteiger partial charge on any atom is 0.194 e. The lowest BCUT2D eigenvalue weighted by atomic mass is 9.80. The zero-order valence-corrected chi connectivity index (χ0v) is 20.6. The van der Waals surface area contributed by atoms with Crippen LogP contribution in [0.2, 0.25) is 0 Å². The molecule has 1 aliphatic heterocycles. The van der Waals surface area contributed by atoms with E-state index in [0.717, 1.165) is 68.8 Å². The van der Waals surface area contributed by atoms with E-state index in [4.69, 9.17) is 0 Å². The van der Waals surface area contributed by atoms with Gasteiger partial charge < -0.3 is 5.32 Å². The average Bonchev–Trinajstić information content (AvgIpc) is 3.05. The Morgan fingerprint density at radius 2 is 0.838 bits per heavy atom. The molecule has 5 rings (SSSR count). The monoisotopic (exact) mass is 511 g/mol. The lowest BCUT2D eigenvalue weighted by Gasteiger charge is -2.23. The van der Waals surface area contributed by atoms with Crippen molar-refractivity contribution in [3.05, 3.63) is 105 Å². The molecule has 0 atom stereocenters. The maximum absolute atomic E-state index is 14.2. The molecule has 0 bridgehead atoms. The zero-order valence-electron chi connectivity index (χ0n) is 20.6. The van der Waals surface area contributed by atoms with Gasteiger partial charge in [0.25, 0.3) is 0 Å². The third-order valence-electron chi connectivity index (χ3n) is 7.35. The summed E-state index contributed by atoms with van der Waals surface area (Å²) in [6.45, 7) is 8.29. The summed E-state index contributed by atoms with van der Waals surface area (Å²) in [5.41, 5.74) is 8.30. The molecule has 0 fully saturated rings. The predicted molar refractivity (Wildman–Crippen MR) is 132 cm³/mol. The Labute approximate surface area is 210 Å². The molecule has 1 nitrogen and oxygen atoms in total. The summed E-state index contributed by atoms with van der Waals surface area (Å²) < 4.78 is 84.2. The molecule has 1 heterocycles. The van der Waals surface area contributed by atoms with Gasteiger partial charge in [-0.2, -0.15) is 0 Å². The zero-order chi connectivity index (χ0) is 26.8. The van der Waals surface area contributed by atoms with Crippen LogP contribution in [0.3, 0.4) is 0 Å². The van der Waals surface area contributed by atoms with E-state index in [2.05, 4.69) is 5.32 Å². The first kappa shape index (κ1) is 25.1. The van der Waals surface area contributed by atoms with Gasteiger partial charge in [-0.3, -0.25) is 0 Å². The van der Waals surface area contributed by atoms with Gasteiger partial charge in [0, 0.05) is 13.1 Å². The lowest BCUT2D eigenvalue weighted by molar-refractivity contribution is 0.447. The van der Waals surface area contributed by atoms with Crippen molar-refractivity contribution in [1.82, 2.24) is 5.32 Å². The predicted octanol–water partition coefficient (Wildman–Crippen LogP) is 8.36. The third-order valence-corrected chi connectivity index (χ3v) is 7.35. The van der Waals surface area contributed by atoms with Crippen molar-refractivity contribution in [1.29, 1.82) is 0 Å². The molecule has 190 valence electrons. The van der Waals surface area contributed by atoms with Crippen molar-refractivity contribution in [3.63, 3.8) is 0 Å². The molecular formula is C30H23F6N. The molecule has 7 heteroatoms. The van der Waals surface area contributed by atoms with Crippen LogP contribution in [0.5, 0.6) is 0 Å². The molecule has 0 amide bonds. The Balaban J connectivity index is 1.86. The van der Waals surface area contributed by atoms with Crippen molar-refractivity contribution < 1.29 is 26.3 Å². The van der Waals surface area contributed by atoms with Gasteiger partial charge in [0.05, 0.1) is 0 Å². The highest BCUT2D eigenvalue weighted by molar-refractivity contribution is 5.89. The van der Waals surface area contributed by atoms with Crippen molar-refractivity contribution in [2.24, 2.45) is 0 Å². The molecule has 0 radical (unpaired) electrons. The Hall–Kier alpha value is -3.58. The van der Waals surface area contributed by atoms with Crippen molar-refractivity contribution in [3.8, 4) is 33.4 Å². The Kier molecular flexibility index (Phi) is 6.15. The molecule has 1 aliphatic rings. The minimum absolute atomic E-state index is 0.203. The van der Waals surface area contributed by atoms with E-state index in [1.165, 1.54) is 0 Å². The summed E-state index contributed by atoms with van der Waals surface area (Å²) in [4.78, 5) is 0. The van der Waals surface area contributed by atoms with E-state index in [1.807, 2.05) is 39.8 Å². The van der Waals surface area contributed by atoms with E-state index in [9.17, 15) is 26.3 Å². The highest BCUT2D eigenvalue weighted by Gasteiger charge is 2.27. The van der Waals surface area contributed by atoms with E-state index < -0.39 is 34.9 Å². The van der Waals surface area contributed by atoms with Crippen molar-refractivity contribution >= 4 is 0 Å². The summed E-state index contributed by atoms with van der Waals surface area (Å²) in [6, 6.07) is 7.56. The largest absolute Gasteiger partial charge is 0.309 e. The van der Waals surface area contributed by atoms with Gasteiger partial charge >= 0.3 is 0 Å². The van der Waals surface area contributed by atoms with Gasteiger partial charge in [-0.15, -0.1) is 0 Å². The molecule has 0 spiro atoms. The Bertz CT molecular complexity index is 1440. The smallest absolute Gasteiger partial charge is 0.194 e. The number of hydrogen-bond donors (Lipinski definition) is 1. The fraction of sp³-hybridized carbons (Fsp3) is 0.200. The van der Waals surface area contributed by atoms with Crippen LogP contribution in [0.1, 0.15) is 33.4 Å². The Morgan fingerprint density at radius 3 is 1.16 bits per heavy atom. The maximum atomic E-state index is 14.2. The molecule has 4 aromatic rings. The molecule has 0 aromatic heterocycles. The van der Waals surface area contributed by atoms with Gasteiger partial charge in [-0.1, -0.05) is 12.1 Å². The first-order valence-corrected chi connectivity index (χ1v) is 11.8. The highest BCUT2D eigenvalue weighted by Crippen LogP contribution is 2.45. The van der Waals surface area contributed by atoms with Crippen LogP contribution in [-0.2, 0) is 13.1 Å². The second kappa shape index (κ2) is 9.06. The summed E-state index contributed by atoms with van der Waals surface area (Å²) in [5.74, 6) is -8.18. The molecule has 37 heavy (non-hydrogen) atoms. The van der Waals surface area contributed by atoms with E-state index in [0.29, 0.717) is 24.2 Å². The number of hydrogen-bond acceptors (Lipinski definition) is 1. The van der Waals surface area contributed by atoms with Gasteiger partial charge in [0.1, 0.15) is 0 Å². The van der Waals surface area contributed by atoms with Crippen LogP contribution in [0.4, 0.5) is 26.3 Å². The minimum Gasteiger partial charge on any atom is -0.309 e. The second-order valence-electron chi connectivity index (χ2n) is 9.55. The highest BCUT2D eigenvalue weighted by atomic mass is 19.2. The first-order valence-electron chi connectivity index (χ1n) is 11.8. The standard InChI is InChI=1S/C30H23F6N/c1-13-5-19(17-7-23(31)29(35)24(32)8-17)21-11-37-12-22-20(18-9-25(33)30(36)26(34)10-18)6-14(2)16(4)28(22)27(21)15(13)3/h5-10,37H,11-12H2,1-4H3. The molecular weight excluding hydrogens is 488 g/mol. The summed E-state index contributed by atoms with van der Waals surface area (Å²) in [5, 5.41) is 3.33. The number of benzene rings is 4. The van der Waals surface area contributed by atoms with Gasteiger partial charge in [0.15, 0.2) is 34.9 Å². The molecule has 1 N–H and O–H groups in total. The van der Waals surface area contributed by atoms with Gasteiger partial charge in [0.2, 0.25) is 0 Å². The molecule has 0 aliphatic carbocycles. The van der Waals surface area contributed by atoms with E-state index in [-0.39, 0.29) is 11.1 Å². The summed E-state index contributed by atoms with van der Waals surface area (Å²) in [6.07, 6.45) is 0. The first-order chi connectivity index (χ1) is 17.5. The van der Waals surface area contributed by atoms with E-state index >= 15 is 0 Å². The fourth-order valence-electron chi connectivity index (χ4n) is 5.23. The fourth-order valence-corrected chi connectivity index (χ4v) is 5.23. The van der Waals surface area contributed by atoms with Crippen molar-refractivity contribution in [2.45, 2.75) is 40.8 Å². The minimum atomic E-state index is -1.53. The number of rotatable bonds is 2. The molecule has 0 saturated heterocycles. The lowest BCUT2D eigenvalue weighted by Crippen LogP contribution is -2.12. The van der Waals surface area contributed by atoms with Gasteiger partial charge in [-0.05, 0) is 119 Å². The topological polar surface area (TPSA) is 12.0 Å². The summed E-state index contributed by atoms with van der Waals surface area (Å²) in [7, 11) is 0.